The highest BCUT2D eigenvalue weighted by Gasteiger charge is 2.24. The maximum Gasteiger partial charge on any atom is 0.166 e. The predicted molar refractivity (Wildman–Crippen MR) is 87.9 cm³/mol. The monoisotopic (exact) mass is 309 g/mol. The SMILES string of the molecule is COc1ccc(Cn2ncc3cc(C=O)n(CC4CC4)c32)cc1. The fourth-order valence-electron chi connectivity index (χ4n) is 3.02. The largest absolute Gasteiger partial charge is 0.497 e. The highest BCUT2D eigenvalue weighted by atomic mass is 16.5. The van der Waals surface area contributed by atoms with Gasteiger partial charge in [0.2, 0.25) is 0 Å². The Hall–Kier alpha value is -2.56. The molecular formula is C18H19N3O2. The van der Waals surface area contributed by atoms with E-state index in [2.05, 4.69) is 9.67 Å². The van der Waals surface area contributed by atoms with Gasteiger partial charge >= 0.3 is 0 Å². The molecule has 1 aliphatic rings. The topological polar surface area (TPSA) is 49.1 Å². The molecule has 5 nitrogen and oxygen atoms in total. The molecule has 0 saturated heterocycles. The van der Waals surface area contributed by atoms with Crippen molar-refractivity contribution in [2.24, 2.45) is 5.92 Å². The minimum absolute atomic E-state index is 0.681. The summed E-state index contributed by atoms with van der Waals surface area (Å²) in [6.45, 7) is 1.59. The minimum Gasteiger partial charge on any atom is -0.497 e. The van der Waals surface area contributed by atoms with Gasteiger partial charge in [-0.15, -0.1) is 0 Å². The van der Waals surface area contributed by atoms with Crippen molar-refractivity contribution in [2.75, 3.05) is 7.11 Å². The van der Waals surface area contributed by atoms with Gasteiger partial charge in [-0.05, 0) is 42.5 Å². The minimum atomic E-state index is 0.681. The molecular weight excluding hydrogens is 290 g/mol. The molecule has 3 aromatic rings. The molecule has 0 atom stereocenters. The zero-order valence-electron chi connectivity index (χ0n) is 13.1. The number of nitrogens with zero attached hydrogens (tertiary/aromatic N) is 3. The van der Waals surface area contributed by atoms with Crippen LogP contribution >= 0.6 is 0 Å². The number of aromatic nitrogens is 3. The molecule has 1 fully saturated rings. The number of carbonyl (C=O) groups is 1. The molecule has 0 bridgehead atoms. The second-order valence-electron chi connectivity index (χ2n) is 6.17. The van der Waals surface area contributed by atoms with Gasteiger partial charge in [-0.25, -0.2) is 4.68 Å². The van der Waals surface area contributed by atoms with Crippen molar-refractivity contribution < 1.29 is 9.53 Å². The van der Waals surface area contributed by atoms with Crippen LogP contribution in [0.1, 0.15) is 28.9 Å². The molecule has 2 aromatic heterocycles. The molecule has 118 valence electrons. The van der Waals surface area contributed by atoms with E-state index in [0.717, 1.165) is 40.9 Å². The van der Waals surface area contributed by atoms with E-state index in [4.69, 9.17) is 4.74 Å². The first-order valence-corrected chi connectivity index (χ1v) is 7.91. The maximum atomic E-state index is 11.4. The van der Waals surface area contributed by atoms with Crippen molar-refractivity contribution in [3.05, 3.63) is 47.8 Å². The van der Waals surface area contributed by atoms with Gasteiger partial charge in [0.25, 0.3) is 0 Å². The Bertz CT molecular complexity index is 841. The van der Waals surface area contributed by atoms with Crippen molar-refractivity contribution in [3.63, 3.8) is 0 Å². The van der Waals surface area contributed by atoms with Crippen LogP contribution in [-0.2, 0) is 13.1 Å². The van der Waals surface area contributed by atoms with Gasteiger partial charge in [0.15, 0.2) is 6.29 Å². The Morgan fingerprint density at radius 1 is 1.30 bits per heavy atom. The van der Waals surface area contributed by atoms with Crippen molar-refractivity contribution in [1.82, 2.24) is 14.3 Å². The fraction of sp³-hybridized carbons (Fsp3) is 0.333. The van der Waals surface area contributed by atoms with E-state index in [-0.39, 0.29) is 0 Å². The number of rotatable bonds is 6. The number of carbonyl (C=O) groups excluding carboxylic acids is 1. The maximum absolute atomic E-state index is 11.4. The molecule has 1 aliphatic carbocycles. The van der Waals surface area contributed by atoms with Gasteiger partial charge in [0, 0.05) is 11.9 Å². The Morgan fingerprint density at radius 3 is 2.74 bits per heavy atom. The zero-order valence-corrected chi connectivity index (χ0v) is 13.1. The lowest BCUT2D eigenvalue weighted by Crippen LogP contribution is -2.10. The fourth-order valence-corrected chi connectivity index (χ4v) is 3.02. The molecule has 1 saturated carbocycles. The third-order valence-electron chi connectivity index (χ3n) is 4.46. The van der Waals surface area contributed by atoms with Crippen molar-refractivity contribution in [3.8, 4) is 5.75 Å². The molecule has 4 rings (SSSR count). The number of benzene rings is 1. The summed E-state index contributed by atoms with van der Waals surface area (Å²) in [6, 6.07) is 9.93. The quantitative estimate of drug-likeness (QED) is 0.657. The van der Waals surface area contributed by atoms with E-state index in [9.17, 15) is 4.79 Å². The van der Waals surface area contributed by atoms with Crippen LogP contribution in [0.5, 0.6) is 5.75 Å². The Balaban J connectivity index is 1.70. The van der Waals surface area contributed by atoms with Gasteiger partial charge in [0.05, 0.1) is 25.5 Å². The van der Waals surface area contributed by atoms with Crippen LogP contribution in [0.4, 0.5) is 0 Å². The van der Waals surface area contributed by atoms with Gasteiger partial charge < -0.3 is 9.30 Å². The summed E-state index contributed by atoms with van der Waals surface area (Å²) in [5.41, 5.74) is 2.94. The molecule has 23 heavy (non-hydrogen) atoms. The van der Waals surface area contributed by atoms with E-state index >= 15 is 0 Å². The number of hydrogen-bond donors (Lipinski definition) is 0. The molecule has 1 aromatic carbocycles. The predicted octanol–water partition coefficient (Wildman–Crippen LogP) is 3.12. The van der Waals surface area contributed by atoms with E-state index in [1.165, 1.54) is 12.8 Å². The van der Waals surface area contributed by atoms with Crippen molar-refractivity contribution >= 4 is 17.3 Å². The van der Waals surface area contributed by atoms with Crippen LogP contribution in [0.2, 0.25) is 0 Å². The van der Waals surface area contributed by atoms with Gasteiger partial charge in [-0.2, -0.15) is 5.10 Å². The van der Waals surface area contributed by atoms with Crippen LogP contribution in [-0.4, -0.2) is 27.7 Å². The average molecular weight is 309 g/mol. The summed E-state index contributed by atoms with van der Waals surface area (Å²) in [6.07, 6.45) is 5.30. The summed E-state index contributed by atoms with van der Waals surface area (Å²) in [7, 11) is 1.66. The Labute approximate surface area is 134 Å². The lowest BCUT2D eigenvalue weighted by Gasteiger charge is -2.10. The summed E-state index contributed by atoms with van der Waals surface area (Å²) in [5.74, 6) is 1.55. The van der Waals surface area contributed by atoms with Crippen molar-refractivity contribution in [1.29, 1.82) is 0 Å². The summed E-state index contributed by atoms with van der Waals surface area (Å²) >= 11 is 0. The molecule has 5 heteroatoms. The average Bonchev–Trinajstić information content (AvgIpc) is 3.22. The van der Waals surface area contributed by atoms with E-state index in [1.807, 2.05) is 41.2 Å². The van der Waals surface area contributed by atoms with Crippen LogP contribution in [0.25, 0.3) is 11.0 Å². The standard InChI is InChI=1S/C18H19N3O2/c1-23-17-6-4-14(5-7-17)11-21-18-15(9-19-21)8-16(12-22)20(18)10-13-2-3-13/h4-9,12-13H,2-3,10-11H2,1H3. The van der Waals surface area contributed by atoms with Gasteiger partial charge in [-0.3, -0.25) is 4.79 Å². The molecule has 2 heterocycles. The second-order valence-corrected chi connectivity index (χ2v) is 6.17. The van der Waals surface area contributed by atoms with Crippen LogP contribution in [0.3, 0.4) is 0 Å². The number of methoxy groups -OCH3 is 1. The highest BCUT2D eigenvalue weighted by molar-refractivity contribution is 5.86. The molecule has 0 unspecified atom stereocenters. The van der Waals surface area contributed by atoms with E-state index < -0.39 is 0 Å². The molecule has 0 radical (unpaired) electrons. The second kappa shape index (κ2) is 5.57. The lowest BCUT2D eigenvalue weighted by atomic mass is 10.2. The molecule has 0 amide bonds. The Kier molecular flexibility index (Phi) is 3.41. The van der Waals surface area contributed by atoms with Crippen LogP contribution < -0.4 is 4.74 Å². The van der Waals surface area contributed by atoms with Crippen LogP contribution in [0, 0.1) is 5.92 Å². The van der Waals surface area contributed by atoms with E-state index in [1.54, 1.807) is 7.11 Å². The number of fused-ring (bicyclic) bond motifs is 1. The first kappa shape index (κ1) is 14.1. The summed E-state index contributed by atoms with van der Waals surface area (Å²) < 4.78 is 9.30. The summed E-state index contributed by atoms with van der Waals surface area (Å²) in [5, 5.41) is 5.53. The summed E-state index contributed by atoms with van der Waals surface area (Å²) in [4.78, 5) is 11.4. The Morgan fingerprint density at radius 2 is 2.09 bits per heavy atom. The zero-order chi connectivity index (χ0) is 15.8. The first-order valence-electron chi connectivity index (χ1n) is 7.91. The molecule has 0 N–H and O–H groups in total. The number of ether oxygens (including phenoxy) is 1. The van der Waals surface area contributed by atoms with Gasteiger partial charge in [0.1, 0.15) is 11.4 Å². The molecule has 0 aliphatic heterocycles. The normalized spacial score (nSPS) is 14.3. The van der Waals surface area contributed by atoms with Crippen molar-refractivity contribution in [2.45, 2.75) is 25.9 Å². The highest BCUT2D eigenvalue weighted by Crippen LogP contribution is 2.33. The van der Waals surface area contributed by atoms with Gasteiger partial charge in [-0.1, -0.05) is 12.1 Å². The third kappa shape index (κ3) is 2.63. The van der Waals surface area contributed by atoms with Crippen LogP contribution in [0.15, 0.2) is 36.5 Å². The number of aldehydes is 1. The molecule has 0 spiro atoms. The third-order valence-corrected chi connectivity index (χ3v) is 4.46. The number of hydrogen-bond acceptors (Lipinski definition) is 3. The lowest BCUT2D eigenvalue weighted by molar-refractivity contribution is 0.111. The van der Waals surface area contributed by atoms with E-state index in [0.29, 0.717) is 12.5 Å². The first-order chi connectivity index (χ1) is 11.3. The smallest absolute Gasteiger partial charge is 0.166 e.